The summed E-state index contributed by atoms with van der Waals surface area (Å²) >= 11 is 6.01. The second-order valence-electron chi connectivity index (χ2n) is 10.2. The lowest BCUT2D eigenvalue weighted by molar-refractivity contribution is -0.116. The third kappa shape index (κ3) is 7.08. The molecule has 0 spiro atoms. The lowest BCUT2D eigenvalue weighted by Crippen LogP contribution is -2.45. The molecule has 42 heavy (non-hydrogen) atoms. The molecule has 0 saturated carbocycles. The number of morpholine rings is 1. The highest BCUT2D eigenvalue weighted by molar-refractivity contribution is 7.89. The highest BCUT2D eigenvalue weighted by atomic mass is 35.5. The Morgan fingerprint density at radius 2 is 1.71 bits per heavy atom. The normalized spacial score (nSPS) is 14.3. The minimum Gasteiger partial charge on any atom is -0.379 e. The predicted octanol–water partition coefficient (Wildman–Crippen LogP) is 4.77. The van der Waals surface area contributed by atoms with Gasteiger partial charge in [0.1, 0.15) is 0 Å². The number of imidazole rings is 1. The van der Waals surface area contributed by atoms with Gasteiger partial charge in [-0.1, -0.05) is 48.0 Å². The number of carbonyl (C=O) groups is 1. The molecule has 1 amide bonds. The molecular weight excluding hydrogens is 574 g/mol. The zero-order valence-corrected chi connectivity index (χ0v) is 25.2. The van der Waals surface area contributed by atoms with Crippen molar-refractivity contribution in [3.8, 4) is 16.9 Å². The number of sulfonamides is 1. The second kappa shape index (κ2) is 13.2. The molecule has 1 aliphatic rings. The minimum atomic E-state index is -3.99. The summed E-state index contributed by atoms with van der Waals surface area (Å²) in [6, 6.07) is 21.7. The average Bonchev–Trinajstić information content (AvgIpc) is 3.41. The molecule has 220 valence electrons. The van der Waals surface area contributed by atoms with Gasteiger partial charge in [0.05, 0.1) is 30.3 Å². The van der Waals surface area contributed by atoms with Gasteiger partial charge < -0.3 is 4.74 Å². The SMILES string of the molecule is Cc1ccc(-n2cc(-c3ccccc3)nc2NC(=O)CN(CCN2CCOCC2)S(=O)(=O)c2ccc(Cl)cc2)cc1C. The van der Waals surface area contributed by atoms with Gasteiger partial charge in [-0.2, -0.15) is 4.31 Å². The van der Waals surface area contributed by atoms with E-state index in [1.807, 2.05) is 73.1 Å². The summed E-state index contributed by atoms with van der Waals surface area (Å²) in [5.74, 6) is -0.191. The van der Waals surface area contributed by atoms with Crippen LogP contribution in [0.3, 0.4) is 0 Å². The van der Waals surface area contributed by atoms with Crippen LogP contribution in [0.4, 0.5) is 5.95 Å². The Labute approximate surface area is 251 Å². The summed E-state index contributed by atoms with van der Waals surface area (Å²) in [6.45, 7) is 6.89. The molecule has 0 aliphatic carbocycles. The maximum atomic E-state index is 13.7. The van der Waals surface area contributed by atoms with E-state index in [4.69, 9.17) is 21.3 Å². The predicted molar refractivity (Wildman–Crippen MR) is 165 cm³/mol. The fraction of sp³-hybridized carbons (Fsp3) is 0.290. The number of carbonyl (C=O) groups excluding carboxylic acids is 1. The molecule has 1 fully saturated rings. The van der Waals surface area contributed by atoms with Crippen molar-refractivity contribution in [1.82, 2.24) is 18.8 Å². The van der Waals surface area contributed by atoms with Crippen molar-refractivity contribution in [3.63, 3.8) is 0 Å². The lowest BCUT2D eigenvalue weighted by atomic mass is 10.1. The lowest BCUT2D eigenvalue weighted by Gasteiger charge is -2.29. The van der Waals surface area contributed by atoms with Crippen molar-refractivity contribution >= 4 is 33.5 Å². The number of rotatable bonds is 10. The first kappa shape index (κ1) is 29.9. The Hall–Kier alpha value is -3.54. The molecular formula is C31H34ClN5O4S. The molecule has 0 radical (unpaired) electrons. The molecule has 1 saturated heterocycles. The quantitative estimate of drug-likeness (QED) is 0.279. The molecule has 0 atom stereocenters. The molecule has 2 heterocycles. The van der Waals surface area contributed by atoms with Gasteiger partial charge in [0.15, 0.2) is 0 Å². The molecule has 1 aromatic heterocycles. The van der Waals surface area contributed by atoms with Gasteiger partial charge in [0.2, 0.25) is 21.9 Å². The van der Waals surface area contributed by atoms with Crippen molar-refractivity contribution in [1.29, 1.82) is 0 Å². The van der Waals surface area contributed by atoms with Crippen LogP contribution in [-0.2, 0) is 19.6 Å². The van der Waals surface area contributed by atoms with Gasteiger partial charge in [-0.05, 0) is 61.4 Å². The highest BCUT2D eigenvalue weighted by Crippen LogP contribution is 2.26. The van der Waals surface area contributed by atoms with Crippen LogP contribution >= 0.6 is 11.6 Å². The molecule has 9 nitrogen and oxygen atoms in total. The van der Waals surface area contributed by atoms with Gasteiger partial charge >= 0.3 is 0 Å². The Morgan fingerprint density at radius 1 is 1.00 bits per heavy atom. The largest absolute Gasteiger partial charge is 0.379 e. The second-order valence-corrected chi connectivity index (χ2v) is 12.6. The number of nitrogens with zero attached hydrogens (tertiary/aromatic N) is 4. The first-order valence-corrected chi connectivity index (χ1v) is 15.6. The van der Waals surface area contributed by atoms with Gasteiger partial charge in [0.25, 0.3) is 0 Å². The van der Waals surface area contributed by atoms with E-state index >= 15 is 0 Å². The number of hydrogen-bond donors (Lipinski definition) is 1. The van der Waals surface area contributed by atoms with Crippen LogP contribution in [0.25, 0.3) is 16.9 Å². The van der Waals surface area contributed by atoms with Crippen molar-refractivity contribution in [2.75, 3.05) is 51.3 Å². The van der Waals surface area contributed by atoms with Crippen molar-refractivity contribution in [2.24, 2.45) is 0 Å². The van der Waals surface area contributed by atoms with Gasteiger partial charge in [-0.15, -0.1) is 0 Å². The third-order valence-electron chi connectivity index (χ3n) is 7.34. The maximum Gasteiger partial charge on any atom is 0.243 e. The molecule has 1 N–H and O–H groups in total. The number of anilines is 1. The summed E-state index contributed by atoms with van der Waals surface area (Å²) < 4.78 is 35.8. The van der Waals surface area contributed by atoms with Gasteiger partial charge in [-0.3, -0.25) is 19.6 Å². The van der Waals surface area contributed by atoms with E-state index in [9.17, 15) is 13.2 Å². The molecule has 5 rings (SSSR count). The highest BCUT2D eigenvalue weighted by Gasteiger charge is 2.28. The molecule has 1 aliphatic heterocycles. The molecule has 4 aromatic rings. The number of ether oxygens (including phenoxy) is 1. The maximum absolute atomic E-state index is 13.7. The third-order valence-corrected chi connectivity index (χ3v) is 9.45. The summed E-state index contributed by atoms with van der Waals surface area (Å²) in [7, 11) is -3.99. The van der Waals surface area contributed by atoms with Gasteiger partial charge in [-0.25, -0.2) is 13.4 Å². The average molecular weight is 608 g/mol. The fourth-order valence-corrected chi connectivity index (χ4v) is 6.24. The molecule has 3 aromatic carbocycles. The Balaban J connectivity index is 1.43. The Bertz CT molecular complexity index is 1640. The molecule has 0 bridgehead atoms. The standard InChI is InChI=1S/C31H34ClN5O4S/c1-23-8-11-27(20-24(23)2)37-21-29(25-6-4-3-5-7-25)33-31(37)34-30(38)22-36(15-14-35-16-18-41-19-17-35)42(39,40)28-12-9-26(32)10-13-28/h3-13,20-21H,14-19,22H2,1-2H3,(H,33,34,38). The van der Waals surface area contributed by atoms with Crippen LogP contribution in [-0.4, -0.2) is 79.0 Å². The van der Waals surface area contributed by atoms with Crippen LogP contribution < -0.4 is 5.32 Å². The topological polar surface area (TPSA) is 96.8 Å². The van der Waals surface area contributed by atoms with Crippen molar-refractivity contribution in [3.05, 3.63) is 95.1 Å². The van der Waals surface area contributed by atoms with E-state index in [0.29, 0.717) is 49.5 Å². The van der Waals surface area contributed by atoms with Crippen LogP contribution in [0.5, 0.6) is 0 Å². The number of benzene rings is 3. The first-order chi connectivity index (χ1) is 20.2. The Morgan fingerprint density at radius 3 is 2.40 bits per heavy atom. The van der Waals surface area contributed by atoms with E-state index in [1.165, 1.54) is 28.6 Å². The summed E-state index contributed by atoms with van der Waals surface area (Å²) in [6.07, 6.45) is 1.87. The van der Waals surface area contributed by atoms with Crippen LogP contribution in [0.2, 0.25) is 5.02 Å². The van der Waals surface area contributed by atoms with Gasteiger partial charge in [0, 0.05) is 48.6 Å². The van der Waals surface area contributed by atoms with E-state index in [-0.39, 0.29) is 18.0 Å². The Kier molecular flexibility index (Phi) is 9.40. The monoisotopic (exact) mass is 607 g/mol. The van der Waals surface area contributed by atoms with Crippen LogP contribution in [0.15, 0.2) is 83.9 Å². The van der Waals surface area contributed by atoms with E-state index < -0.39 is 15.9 Å². The fourth-order valence-electron chi connectivity index (χ4n) is 4.73. The summed E-state index contributed by atoms with van der Waals surface area (Å²) in [5, 5.41) is 3.32. The van der Waals surface area contributed by atoms with E-state index in [1.54, 1.807) is 0 Å². The number of aryl methyl sites for hydroxylation is 2. The van der Waals surface area contributed by atoms with E-state index in [0.717, 1.165) is 22.4 Å². The molecule has 0 unspecified atom stereocenters. The number of halogens is 1. The minimum absolute atomic E-state index is 0.0738. The zero-order valence-electron chi connectivity index (χ0n) is 23.7. The smallest absolute Gasteiger partial charge is 0.243 e. The summed E-state index contributed by atoms with van der Waals surface area (Å²) in [4.78, 5) is 20.5. The van der Waals surface area contributed by atoms with Crippen molar-refractivity contribution < 1.29 is 17.9 Å². The van der Waals surface area contributed by atoms with Crippen molar-refractivity contribution in [2.45, 2.75) is 18.7 Å². The first-order valence-electron chi connectivity index (χ1n) is 13.8. The number of hydrogen-bond acceptors (Lipinski definition) is 6. The zero-order chi connectivity index (χ0) is 29.7. The number of aromatic nitrogens is 2. The number of nitrogens with one attached hydrogen (secondary N) is 1. The molecule has 11 heteroatoms. The summed E-state index contributed by atoms with van der Waals surface area (Å²) in [5.41, 5.74) is 4.66. The van der Waals surface area contributed by atoms with Crippen LogP contribution in [0.1, 0.15) is 11.1 Å². The van der Waals surface area contributed by atoms with Crippen LogP contribution in [0, 0.1) is 13.8 Å². The number of amides is 1. The van der Waals surface area contributed by atoms with E-state index in [2.05, 4.69) is 10.2 Å².